The molecule has 0 amide bonds. The SMILES string of the molecule is CC1(c2ccccc2)c2ccccc2-c2cc3c4cc(-c5ccc6c(c5)c5ccccc5n6-c5ccccc5)ccc4n(-c4ccc(C5C=CC=CC5)cc4)c3cc21. The molecule has 2 aliphatic rings. The van der Waals surface area contributed by atoms with E-state index < -0.39 is 0 Å². The third kappa shape index (κ3) is 4.79. The minimum atomic E-state index is -0.285. The molecule has 0 saturated carbocycles. The van der Waals surface area contributed by atoms with Crippen molar-refractivity contribution in [2.24, 2.45) is 0 Å². The quantitative estimate of drug-likeness (QED) is 0.166. The molecule has 8 aromatic carbocycles. The van der Waals surface area contributed by atoms with E-state index in [0.717, 1.165) is 6.42 Å². The zero-order chi connectivity index (χ0) is 38.4. The average Bonchev–Trinajstić information content (AvgIpc) is 3.89. The summed E-state index contributed by atoms with van der Waals surface area (Å²) in [5, 5.41) is 5.06. The van der Waals surface area contributed by atoms with E-state index in [-0.39, 0.29) is 5.41 Å². The molecule has 0 radical (unpaired) electrons. The molecule has 2 heterocycles. The van der Waals surface area contributed by atoms with Gasteiger partial charge in [0.1, 0.15) is 0 Å². The number of rotatable bonds is 5. The Kier molecular flexibility index (Phi) is 7.22. The summed E-state index contributed by atoms with van der Waals surface area (Å²) in [5.41, 5.74) is 17.4. The summed E-state index contributed by atoms with van der Waals surface area (Å²) in [5.74, 6) is 0.409. The molecule has 2 atom stereocenters. The van der Waals surface area contributed by atoms with Gasteiger partial charge < -0.3 is 9.13 Å². The number of aromatic nitrogens is 2. The van der Waals surface area contributed by atoms with E-state index in [1.165, 1.54) is 99.5 Å². The van der Waals surface area contributed by atoms with Gasteiger partial charge in [0.25, 0.3) is 0 Å². The first-order valence-corrected chi connectivity index (χ1v) is 20.5. The highest BCUT2D eigenvalue weighted by molar-refractivity contribution is 6.14. The van der Waals surface area contributed by atoms with Gasteiger partial charge in [0, 0.05) is 44.3 Å². The summed E-state index contributed by atoms with van der Waals surface area (Å²) in [6.45, 7) is 2.41. The number of para-hydroxylation sites is 2. The normalized spacial score (nSPS) is 17.1. The number of fused-ring (bicyclic) bond motifs is 9. The molecule has 0 bridgehead atoms. The molecule has 58 heavy (non-hydrogen) atoms. The molecule has 2 nitrogen and oxygen atoms in total. The summed E-state index contributed by atoms with van der Waals surface area (Å²) >= 11 is 0. The van der Waals surface area contributed by atoms with Crippen molar-refractivity contribution in [3.8, 4) is 33.6 Å². The van der Waals surface area contributed by atoms with E-state index in [1.807, 2.05) is 0 Å². The Morgan fingerprint density at radius 2 is 1.05 bits per heavy atom. The van der Waals surface area contributed by atoms with E-state index in [9.17, 15) is 0 Å². The van der Waals surface area contributed by atoms with Crippen molar-refractivity contribution >= 4 is 43.6 Å². The van der Waals surface area contributed by atoms with Gasteiger partial charge in [-0.3, -0.25) is 0 Å². The van der Waals surface area contributed by atoms with Crippen LogP contribution in [0.3, 0.4) is 0 Å². The van der Waals surface area contributed by atoms with Crippen LogP contribution < -0.4 is 0 Å². The molecule has 12 rings (SSSR count). The second kappa shape index (κ2) is 12.7. The smallest absolute Gasteiger partial charge is 0.0544 e. The Hall–Kier alpha value is -7.16. The number of allylic oxidation sites excluding steroid dienone is 4. The Morgan fingerprint density at radius 3 is 1.79 bits per heavy atom. The van der Waals surface area contributed by atoms with Crippen LogP contribution >= 0.6 is 0 Å². The maximum Gasteiger partial charge on any atom is 0.0544 e. The highest BCUT2D eigenvalue weighted by Gasteiger charge is 2.41. The lowest BCUT2D eigenvalue weighted by Gasteiger charge is -2.28. The van der Waals surface area contributed by atoms with Crippen LogP contribution in [0.1, 0.15) is 41.5 Å². The van der Waals surface area contributed by atoms with Gasteiger partial charge in [-0.15, -0.1) is 0 Å². The zero-order valence-corrected chi connectivity index (χ0v) is 32.3. The predicted octanol–water partition coefficient (Wildman–Crippen LogP) is 14.5. The first kappa shape index (κ1) is 33.0. The van der Waals surface area contributed by atoms with Crippen LogP contribution in [0.25, 0.3) is 77.2 Å². The second-order valence-corrected chi connectivity index (χ2v) is 16.2. The van der Waals surface area contributed by atoms with Crippen molar-refractivity contribution in [3.63, 3.8) is 0 Å². The fourth-order valence-electron chi connectivity index (χ4n) is 10.2. The van der Waals surface area contributed by atoms with Crippen molar-refractivity contribution < 1.29 is 0 Å². The van der Waals surface area contributed by atoms with E-state index in [0.29, 0.717) is 5.92 Å². The van der Waals surface area contributed by atoms with Crippen molar-refractivity contribution in [1.29, 1.82) is 0 Å². The number of benzene rings is 8. The molecule has 2 aliphatic carbocycles. The minimum Gasteiger partial charge on any atom is -0.309 e. The van der Waals surface area contributed by atoms with Crippen LogP contribution in [-0.2, 0) is 5.41 Å². The minimum absolute atomic E-state index is 0.285. The van der Waals surface area contributed by atoms with Gasteiger partial charge in [-0.2, -0.15) is 0 Å². The van der Waals surface area contributed by atoms with Gasteiger partial charge in [0.05, 0.1) is 22.1 Å². The van der Waals surface area contributed by atoms with E-state index in [1.54, 1.807) is 0 Å². The molecule has 2 aromatic heterocycles. The van der Waals surface area contributed by atoms with Crippen LogP contribution in [-0.4, -0.2) is 9.13 Å². The van der Waals surface area contributed by atoms with Crippen molar-refractivity contribution in [2.75, 3.05) is 0 Å². The lowest BCUT2D eigenvalue weighted by molar-refractivity contribution is 0.714. The largest absolute Gasteiger partial charge is 0.309 e. The summed E-state index contributed by atoms with van der Waals surface area (Å²) < 4.78 is 4.89. The fraction of sp³-hybridized carbons (Fsp3) is 0.0714. The van der Waals surface area contributed by atoms with Crippen LogP contribution in [0.15, 0.2) is 206 Å². The van der Waals surface area contributed by atoms with Crippen molar-refractivity contribution in [1.82, 2.24) is 9.13 Å². The Bertz CT molecular complexity index is 3300. The molecular weight excluding hydrogens is 701 g/mol. The third-order valence-electron chi connectivity index (χ3n) is 13.1. The van der Waals surface area contributed by atoms with Crippen molar-refractivity contribution in [3.05, 3.63) is 229 Å². The number of hydrogen-bond donors (Lipinski definition) is 0. The highest BCUT2D eigenvalue weighted by Crippen LogP contribution is 2.54. The fourth-order valence-corrected chi connectivity index (χ4v) is 10.2. The van der Waals surface area contributed by atoms with E-state index >= 15 is 0 Å². The van der Waals surface area contributed by atoms with Crippen LogP contribution in [0, 0.1) is 0 Å². The first-order chi connectivity index (χ1) is 28.6. The lowest BCUT2D eigenvalue weighted by Crippen LogP contribution is -2.22. The van der Waals surface area contributed by atoms with Crippen molar-refractivity contribution in [2.45, 2.75) is 24.7 Å². The topological polar surface area (TPSA) is 9.86 Å². The summed E-state index contributed by atoms with van der Waals surface area (Å²) in [4.78, 5) is 0. The summed E-state index contributed by atoms with van der Waals surface area (Å²) in [7, 11) is 0. The first-order valence-electron chi connectivity index (χ1n) is 20.5. The van der Waals surface area contributed by atoms with E-state index in [4.69, 9.17) is 0 Å². The van der Waals surface area contributed by atoms with Gasteiger partial charge >= 0.3 is 0 Å². The molecule has 2 heteroatoms. The zero-order valence-electron chi connectivity index (χ0n) is 32.3. The van der Waals surface area contributed by atoms with Gasteiger partial charge in [-0.25, -0.2) is 0 Å². The molecule has 0 saturated heterocycles. The molecule has 0 N–H and O–H groups in total. The molecule has 10 aromatic rings. The average molecular weight is 741 g/mol. The maximum absolute atomic E-state index is 2.50. The molecule has 274 valence electrons. The lowest BCUT2D eigenvalue weighted by atomic mass is 9.74. The van der Waals surface area contributed by atoms with Crippen LogP contribution in [0.5, 0.6) is 0 Å². The molecule has 0 aliphatic heterocycles. The van der Waals surface area contributed by atoms with Crippen LogP contribution in [0.4, 0.5) is 0 Å². The standard InChI is InChI=1S/C56H40N2/c1-56(41-17-7-3-8-18-41)50-23-13-11-21-44(50)46-35-49-48-34-40(39-27-31-53-47(33-39)45-22-12-14-24-52(45)57(53)42-19-9-4-10-20-42)28-32-54(48)58(55(49)36-51(46)56)43-29-25-38(26-30-43)37-15-5-2-6-16-37/h2-15,17-37H,16H2,1H3. The Balaban J connectivity index is 1.09. The molecule has 0 fully saturated rings. The molecular formula is C56H40N2. The molecule has 2 unspecified atom stereocenters. The van der Waals surface area contributed by atoms with Gasteiger partial charge in [-0.1, -0.05) is 140 Å². The van der Waals surface area contributed by atoms with Gasteiger partial charge in [0.15, 0.2) is 0 Å². The monoisotopic (exact) mass is 740 g/mol. The number of hydrogen-bond acceptors (Lipinski definition) is 0. The highest BCUT2D eigenvalue weighted by atomic mass is 15.0. The van der Waals surface area contributed by atoms with Crippen LogP contribution in [0.2, 0.25) is 0 Å². The summed E-state index contributed by atoms with van der Waals surface area (Å²) in [6, 6.07) is 68.0. The predicted molar refractivity (Wildman–Crippen MR) is 244 cm³/mol. The van der Waals surface area contributed by atoms with E-state index in [2.05, 4.69) is 222 Å². The maximum atomic E-state index is 2.50. The van der Waals surface area contributed by atoms with Gasteiger partial charge in [0.2, 0.25) is 0 Å². The second-order valence-electron chi connectivity index (χ2n) is 16.2. The Labute approximate surface area is 338 Å². The summed E-state index contributed by atoms with van der Waals surface area (Å²) in [6.07, 6.45) is 9.95. The molecule has 0 spiro atoms. The van der Waals surface area contributed by atoms with Gasteiger partial charge in [-0.05, 0) is 125 Å². The number of nitrogens with zero attached hydrogens (tertiary/aromatic N) is 2. The Morgan fingerprint density at radius 1 is 0.448 bits per heavy atom. The third-order valence-corrected chi connectivity index (χ3v) is 13.1.